The number of hydrogen-bond acceptors (Lipinski definition) is 1. The van der Waals surface area contributed by atoms with Gasteiger partial charge in [0.1, 0.15) is 0 Å². The van der Waals surface area contributed by atoms with Crippen LogP contribution < -0.4 is 0 Å². The van der Waals surface area contributed by atoms with Crippen LogP contribution in [0.15, 0.2) is 84.9 Å². The molecule has 3 aromatic carbocycles. The van der Waals surface area contributed by atoms with E-state index in [-0.39, 0.29) is 37.7 Å². The molecule has 1 aromatic heterocycles. The molecule has 0 aliphatic carbocycles. The molecule has 40 heavy (non-hydrogen) atoms. The molecule has 0 N–H and O–H groups in total. The molecular formula is C34H41FHfN4. The number of nitrogens with zero attached hydrogens (tertiary/aromatic N) is 4. The zero-order valence-corrected chi connectivity index (χ0v) is 28.6. The molecule has 0 saturated carbocycles. The van der Waals surface area contributed by atoms with Gasteiger partial charge in [0.15, 0.2) is 0 Å². The van der Waals surface area contributed by atoms with Crippen molar-refractivity contribution in [3.8, 4) is 11.3 Å². The normalized spacial score (nSPS) is 11.0. The van der Waals surface area contributed by atoms with Crippen LogP contribution in [0.4, 0.5) is 10.1 Å². The smallest absolute Gasteiger partial charge is 0.673 e. The van der Waals surface area contributed by atoms with Crippen molar-refractivity contribution in [2.45, 2.75) is 45.6 Å². The van der Waals surface area contributed by atoms with E-state index < -0.39 is 0 Å². The molecule has 1 heterocycles. The van der Waals surface area contributed by atoms with Gasteiger partial charge in [-0.25, -0.2) is 0 Å². The van der Waals surface area contributed by atoms with Gasteiger partial charge in [0.25, 0.3) is 0 Å². The summed E-state index contributed by atoms with van der Waals surface area (Å²) in [6, 6.07) is 29.9. The van der Waals surface area contributed by atoms with Gasteiger partial charge in [0.05, 0.1) is 0 Å². The molecule has 0 amide bonds. The van der Waals surface area contributed by atoms with Gasteiger partial charge >= 0.3 is 25.8 Å². The maximum absolute atomic E-state index is 13.4. The van der Waals surface area contributed by atoms with Crippen molar-refractivity contribution < 1.29 is 30.2 Å². The Morgan fingerprint density at radius 3 is 1.75 bits per heavy atom. The van der Waals surface area contributed by atoms with Crippen LogP contribution in [0, 0.1) is 11.9 Å². The predicted octanol–water partition coefficient (Wildman–Crippen LogP) is 9.97. The first kappa shape index (κ1) is 35.4. The fourth-order valence-corrected chi connectivity index (χ4v) is 4.06. The van der Waals surface area contributed by atoms with E-state index in [0.29, 0.717) is 11.8 Å². The van der Waals surface area contributed by atoms with E-state index in [1.807, 2.05) is 36.4 Å². The van der Waals surface area contributed by atoms with Crippen LogP contribution in [0.5, 0.6) is 0 Å². The van der Waals surface area contributed by atoms with E-state index in [9.17, 15) is 4.39 Å². The minimum Gasteiger partial charge on any atom is -0.673 e. The minimum atomic E-state index is -0.307. The average molecular weight is 703 g/mol. The van der Waals surface area contributed by atoms with E-state index >= 15 is 0 Å². The molecule has 4 nitrogen and oxygen atoms in total. The monoisotopic (exact) mass is 704 g/mol. The molecule has 0 spiro atoms. The van der Waals surface area contributed by atoms with Crippen LogP contribution in [0.3, 0.4) is 0 Å². The summed E-state index contributed by atoms with van der Waals surface area (Å²) in [5.74, 6) is 0.400. The van der Waals surface area contributed by atoms with Crippen LogP contribution >= 0.6 is 0 Å². The van der Waals surface area contributed by atoms with E-state index in [0.717, 1.165) is 28.2 Å². The van der Waals surface area contributed by atoms with E-state index in [1.54, 1.807) is 34.3 Å². The van der Waals surface area contributed by atoms with Crippen LogP contribution in [0.25, 0.3) is 27.2 Å². The Bertz CT molecular complexity index is 1220. The van der Waals surface area contributed by atoms with E-state index in [1.165, 1.54) is 23.3 Å². The summed E-state index contributed by atoms with van der Waals surface area (Å²) >= 11 is 0. The standard InChI is InChI=1S/C30H29FN2.2C2H6N.Hf/c1-20(2)25-12-8-13-26(21(3)4)30(25)33-29(23-10-6-5-7-11-23)28-15-9-14-27(32-28)22-16-18-24(31)19-17-22;2*1-3-2;/h5-16,18-21,29H,1-4H3;2*1-2H3;/q-2;2*-1;+4. The van der Waals surface area contributed by atoms with Crippen molar-refractivity contribution in [3.63, 3.8) is 0 Å². The number of rotatable bonds is 7. The summed E-state index contributed by atoms with van der Waals surface area (Å²) in [5, 5.41) is 12.4. The second-order valence-electron chi connectivity index (χ2n) is 9.80. The molecule has 0 saturated heterocycles. The molecule has 208 valence electrons. The summed E-state index contributed by atoms with van der Waals surface area (Å²) in [4.78, 5) is 4.95. The first-order valence-corrected chi connectivity index (χ1v) is 13.3. The molecule has 1 atom stereocenters. The van der Waals surface area contributed by atoms with Crippen LogP contribution in [0.2, 0.25) is 0 Å². The van der Waals surface area contributed by atoms with Gasteiger partial charge in [0, 0.05) is 11.5 Å². The van der Waals surface area contributed by atoms with Crippen LogP contribution in [-0.2, 0) is 25.8 Å². The van der Waals surface area contributed by atoms with Crippen molar-refractivity contribution in [3.05, 3.63) is 135 Å². The molecule has 0 aliphatic heterocycles. The van der Waals surface area contributed by atoms with Crippen molar-refractivity contribution in [1.82, 2.24) is 4.98 Å². The summed E-state index contributed by atoms with van der Waals surface area (Å²) in [6.45, 7) is 8.83. The quantitative estimate of drug-likeness (QED) is 0.140. The van der Waals surface area contributed by atoms with Gasteiger partial charge < -0.3 is 20.9 Å². The van der Waals surface area contributed by atoms with Crippen molar-refractivity contribution in [1.29, 1.82) is 0 Å². The van der Waals surface area contributed by atoms with Crippen molar-refractivity contribution in [2.24, 2.45) is 0 Å². The van der Waals surface area contributed by atoms with E-state index in [4.69, 9.17) is 10.3 Å². The molecule has 0 bridgehead atoms. The zero-order valence-electron chi connectivity index (χ0n) is 25.0. The topological polar surface area (TPSA) is 55.2 Å². The second kappa shape index (κ2) is 18.6. The number of para-hydroxylation sites is 1. The summed E-state index contributed by atoms with van der Waals surface area (Å²) in [6.07, 6.45) is 0. The third kappa shape index (κ3) is 10.4. The van der Waals surface area contributed by atoms with Crippen LogP contribution in [-0.4, -0.2) is 33.2 Å². The van der Waals surface area contributed by atoms with Crippen LogP contribution in [0.1, 0.15) is 68.0 Å². The Balaban J connectivity index is 0.00000105. The first-order chi connectivity index (χ1) is 18.8. The Hall–Kier alpha value is -2.67. The summed E-state index contributed by atoms with van der Waals surface area (Å²) < 4.78 is 13.4. The Kier molecular flexibility index (Phi) is 16.5. The Morgan fingerprint density at radius 2 is 1.25 bits per heavy atom. The summed E-state index contributed by atoms with van der Waals surface area (Å²) in [7, 11) is 7.00. The zero-order chi connectivity index (χ0) is 28.8. The van der Waals surface area contributed by atoms with Gasteiger partial charge in [-0.15, -0.1) is 35.5 Å². The predicted molar refractivity (Wildman–Crippen MR) is 165 cm³/mol. The van der Waals surface area contributed by atoms with Gasteiger partial charge in [-0.2, -0.15) is 28.2 Å². The molecule has 4 aromatic rings. The average Bonchev–Trinajstić information content (AvgIpc) is 2.93. The molecule has 4 rings (SSSR count). The largest absolute Gasteiger partial charge is 4.00 e. The fourth-order valence-electron chi connectivity index (χ4n) is 4.06. The molecule has 0 aliphatic rings. The minimum absolute atomic E-state index is 0. The van der Waals surface area contributed by atoms with E-state index in [2.05, 4.69) is 74.7 Å². The second-order valence-corrected chi connectivity index (χ2v) is 9.80. The first-order valence-electron chi connectivity index (χ1n) is 13.3. The maximum atomic E-state index is 13.4. The van der Waals surface area contributed by atoms with Gasteiger partial charge in [-0.05, 0) is 29.6 Å². The Morgan fingerprint density at radius 1 is 0.700 bits per heavy atom. The summed E-state index contributed by atoms with van der Waals surface area (Å²) in [5.41, 5.74) is 6.98. The fraction of sp³-hybridized carbons (Fsp3) is 0.324. The number of halogens is 1. The molecule has 0 radical (unpaired) electrons. The third-order valence-corrected chi connectivity index (χ3v) is 5.82. The number of benzene rings is 3. The van der Waals surface area contributed by atoms with Gasteiger partial charge in [0.2, 0.25) is 0 Å². The molecule has 1 unspecified atom stereocenters. The van der Waals surface area contributed by atoms with Crippen molar-refractivity contribution in [2.75, 3.05) is 28.2 Å². The van der Waals surface area contributed by atoms with Gasteiger partial charge in [-0.1, -0.05) is 105 Å². The number of aromatic nitrogens is 1. The number of hydrogen-bond donors (Lipinski definition) is 0. The number of pyridine rings is 1. The third-order valence-electron chi connectivity index (χ3n) is 5.82. The SMILES string of the molecule is CC(C)c1cccc(C(C)C)c1[N-]C(c1ccccc1)c1cccc(-c2[c-]cc(F)cc2)n1.C[N-]C.C[N-]C.[Hf+4]. The maximum Gasteiger partial charge on any atom is 4.00 e. The van der Waals surface area contributed by atoms with Gasteiger partial charge in [-0.3, -0.25) is 4.39 Å². The molecular weight excluding hydrogens is 662 g/mol. The van der Waals surface area contributed by atoms with Crippen molar-refractivity contribution >= 4 is 5.69 Å². The molecule has 0 fully saturated rings. The molecule has 6 heteroatoms. The Labute approximate surface area is 260 Å².